The van der Waals surface area contributed by atoms with Crippen molar-refractivity contribution in [2.45, 2.75) is 118 Å². The van der Waals surface area contributed by atoms with E-state index in [-0.39, 0.29) is 6.42 Å². The van der Waals surface area contributed by atoms with Crippen LogP contribution in [0.1, 0.15) is 26.7 Å². The lowest BCUT2D eigenvalue weighted by Gasteiger charge is -2.46. The van der Waals surface area contributed by atoms with Gasteiger partial charge in [0.15, 0.2) is 12.6 Å². The monoisotopic (exact) mass is 467 g/mol. The van der Waals surface area contributed by atoms with Gasteiger partial charge in [-0.05, 0) is 26.7 Å². The summed E-state index contributed by atoms with van der Waals surface area (Å²) in [5.74, 6) is 0. The highest BCUT2D eigenvalue weighted by molar-refractivity contribution is 4.98. The fourth-order valence-corrected chi connectivity index (χ4v) is 4.46. The highest BCUT2D eigenvalue weighted by Crippen LogP contribution is 2.33. The fourth-order valence-electron chi connectivity index (χ4n) is 4.46. The molecule has 0 aromatic carbocycles. The molecule has 0 bridgehead atoms. The molecule has 13 heteroatoms. The second-order valence-electron chi connectivity index (χ2n) is 9.09. The Morgan fingerprint density at radius 2 is 1.34 bits per heavy atom. The van der Waals surface area contributed by atoms with Crippen LogP contribution < -0.4 is 17.2 Å². The molecule has 1 aliphatic carbocycles. The molecule has 15 atom stereocenters. The van der Waals surface area contributed by atoms with Crippen molar-refractivity contribution >= 4 is 0 Å². The van der Waals surface area contributed by atoms with E-state index in [1.807, 2.05) is 0 Å². The zero-order valence-corrected chi connectivity index (χ0v) is 18.1. The van der Waals surface area contributed by atoms with Gasteiger partial charge in [-0.3, -0.25) is 0 Å². The first-order valence-electron chi connectivity index (χ1n) is 10.9. The van der Waals surface area contributed by atoms with E-state index in [9.17, 15) is 30.6 Å². The highest BCUT2D eigenvalue weighted by Gasteiger charge is 2.51. The van der Waals surface area contributed by atoms with Crippen LogP contribution in [0.3, 0.4) is 0 Å². The lowest BCUT2D eigenvalue weighted by atomic mass is 9.87. The second-order valence-corrected chi connectivity index (χ2v) is 9.09. The van der Waals surface area contributed by atoms with Crippen molar-refractivity contribution < 1.29 is 49.6 Å². The van der Waals surface area contributed by atoms with E-state index in [1.54, 1.807) is 6.92 Å². The molecule has 32 heavy (non-hydrogen) atoms. The van der Waals surface area contributed by atoms with Crippen molar-refractivity contribution in [1.82, 2.24) is 0 Å². The van der Waals surface area contributed by atoms with Crippen LogP contribution in [-0.4, -0.2) is 122 Å². The van der Waals surface area contributed by atoms with Crippen molar-refractivity contribution in [2.75, 3.05) is 0 Å². The molecule has 1 saturated carbocycles. The Bertz CT molecular complexity index is 616. The molecule has 0 radical (unpaired) electrons. The summed E-state index contributed by atoms with van der Waals surface area (Å²) < 4.78 is 22.9. The van der Waals surface area contributed by atoms with Gasteiger partial charge in [-0.1, -0.05) is 0 Å². The van der Waals surface area contributed by atoms with Crippen molar-refractivity contribution in [3.05, 3.63) is 0 Å². The Morgan fingerprint density at radius 3 is 1.91 bits per heavy atom. The summed E-state index contributed by atoms with van der Waals surface area (Å²) in [5, 5.41) is 61.4. The third kappa shape index (κ3) is 5.10. The SMILES string of the molecule is C[C@H](N)[C@H]1O[C@@H](O[C@@H]2C(O)CCC(N)[C@H]2O[C@H]2OC([C@@H](C)O)[C@@H](O)[C@H](O)C2N)C(O)[C@H]1O. The maximum absolute atomic E-state index is 10.6. The van der Waals surface area contributed by atoms with Crippen molar-refractivity contribution in [1.29, 1.82) is 0 Å². The number of aliphatic hydroxyl groups excluding tert-OH is 6. The van der Waals surface area contributed by atoms with Crippen LogP contribution in [0.4, 0.5) is 0 Å². The third-order valence-electron chi connectivity index (χ3n) is 6.44. The minimum absolute atomic E-state index is 0.281. The molecule has 0 spiro atoms. The van der Waals surface area contributed by atoms with Crippen LogP contribution in [0.2, 0.25) is 0 Å². The van der Waals surface area contributed by atoms with Gasteiger partial charge in [0.25, 0.3) is 0 Å². The molecule has 12 N–H and O–H groups in total. The first kappa shape index (κ1) is 26.1. The Labute approximate surface area is 186 Å². The van der Waals surface area contributed by atoms with E-state index in [0.29, 0.717) is 6.42 Å². The third-order valence-corrected chi connectivity index (χ3v) is 6.44. The number of hydrogen-bond acceptors (Lipinski definition) is 13. The van der Waals surface area contributed by atoms with Gasteiger partial charge >= 0.3 is 0 Å². The van der Waals surface area contributed by atoms with Gasteiger partial charge in [0.05, 0.1) is 18.2 Å². The van der Waals surface area contributed by atoms with Gasteiger partial charge in [0, 0.05) is 12.1 Å². The normalized spacial score (nSPS) is 52.0. The van der Waals surface area contributed by atoms with Crippen molar-refractivity contribution in [3.8, 4) is 0 Å². The highest BCUT2D eigenvalue weighted by atomic mass is 16.7. The molecule has 13 nitrogen and oxygen atoms in total. The van der Waals surface area contributed by atoms with Gasteiger partial charge in [0.1, 0.15) is 48.8 Å². The molecular weight excluding hydrogens is 430 g/mol. The minimum atomic E-state index is -1.45. The summed E-state index contributed by atoms with van der Waals surface area (Å²) in [6.45, 7) is 3.00. The summed E-state index contributed by atoms with van der Waals surface area (Å²) in [6, 6.07) is -2.40. The maximum Gasteiger partial charge on any atom is 0.187 e. The molecule has 5 unspecified atom stereocenters. The predicted molar refractivity (Wildman–Crippen MR) is 108 cm³/mol. The molecule has 3 rings (SSSR count). The summed E-state index contributed by atoms with van der Waals surface area (Å²) in [7, 11) is 0. The van der Waals surface area contributed by atoms with Gasteiger partial charge in [-0.2, -0.15) is 0 Å². The lowest BCUT2D eigenvalue weighted by molar-refractivity contribution is -0.314. The Morgan fingerprint density at radius 1 is 0.781 bits per heavy atom. The smallest absolute Gasteiger partial charge is 0.187 e. The molecule has 0 aromatic rings. The minimum Gasteiger partial charge on any atom is -0.391 e. The van der Waals surface area contributed by atoms with Crippen LogP contribution in [0.15, 0.2) is 0 Å². The molecule has 2 saturated heterocycles. The zero-order valence-electron chi connectivity index (χ0n) is 18.1. The van der Waals surface area contributed by atoms with Crippen molar-refractivity contribution in [3.63, 3.8) is 0 Å². The molecule has 3 fully saturated rings. The topological polar surface area (TPSA) is 236 Å². The number of ether oxygens (including phenoxy) is 4. The Balaban J connectivity index is 1.76. The van der Waals surface area contributed by atoms with E-state index in [0.717, 1.165) is 0 Å². The Kier molecular flexibility index (Phi) is 8.48. The van der Waals surface area contributed by atoms with E-state index in [2.05, 4.69) is 0 Å². The summed E-state index contributed by atoms with van der Waals surface area (Å²) >= 11 is 0. The zero-order chi connectivity index (χ0) is 23.9. The average molecular weight is 468 g/mol. The van der Waals surface area contributed by atoms with E-state index in [1.165, 1.54) is 6.92 Å². The van der Waals surface area contributed by atoms with Gasteiger partial charge in [-0.25, -0.2) is 0 Å². The molecule has 2 heterocycles. The van der Waals surface area contributed by atoms with Crippen LogP contribution in [0, 0.1) is 0 Å². The number of aliphatic hydroxyl groups is 6. The number of rotatable bonds is 6. The first-order valence-corrected chi connectivity index (χ1v) is 10.9. The molecule has 2 aliphatic heterocycles. The summed E-state index contributed by atoms with van der Waals surface area (Å²) in [5.41, 5.74) is 18.0. The largest absolute Gasteiger partial charge is 0.391 e. The van der Waals surface area contributed by atoms with Crippen molar-refractivity contribution in [2.24, 2.45) is 17.2 Å². The first-order chi connectivity index (χ1) is 14.9. The summed E-state index contributed by atoms with van der Waals surface area (Å²) in [6.07, 6.45) is -13.8. The molecule has 0 amide bonds. The lowest BCUT2D eigenvalue weighted by Crippen LogP contribution is -2.66. The van der Waals surface area contributed by atoms with Crippen LogP contribution in [0.25, 0.3) is 0 Å². The Hall–Kier alpha value is -0.520. The number of nitrogens with two attached hydrogens (primary N) is 3. The van der Waals surface area contributed by atoms with E-state index >= 15 is 0 Å². The van der Waals surface area contributed by atoms with Gasteiger partial charge in [-0.15, -0.1) is 0 Å². The quantitative estimate of drug-likeness (QED) is 0.178. The fraction of sp³-hybridized carbons (Fsp3) is 1.00. The van der Waals surface area contributed by atoms with Gasteiger partial charge < -0.3 is 66.8 Å². The maximum atomic E-state index is 10.6. The number of hydrogen-bond donors (Lipinski definition) is 9. The summed E-state index contributed by atoms with van der Waals surface area (Å²) in [4.78, 5) is 0. The van der Waals surface area contributed by atoms with E-state index in [4.69, 9.17) is 36.1 Å². The molecular formula is C19H37N3O10. The predicted octanol–water partition coefficient (Wildman–Crippen LogP) is -4.81. The van der Waals surface area contributed by atoms with Gasteiger partial charge in [0.2, 0.25) is 0 Å². The van der Waals surface area contributed by atoms with Crippen LogP contribution >= 0.6 is 0 Å². The average Bonchev–Trinajstić information content (AvgIpc) is 3.01. The van der Waals surface area contributed by atoms with Crippen LogP contribution in [-0.2, 0) is 18.9 Å². The molecule has 3 aliphatic rings. The standard InChI is InChI=1S/C19H37N3O10/c1-5(20)14-12(27)13(28)19(29-14)32-17-8(24)4-3-7(21)16(17)31-18-9(22)10(25)11(26)15(30-18)6(2)23/h5-19,23-28H,3-4,20-22H2,1-2H3/t5-,6+,7?,8?,9?,10+,11-,12+,13?,14+,15?,16+,17+,18+,19-/m0/s1. The van der Waals surface area contributed by atoms with E-state index < -0.39 is 91.7 Å². The van der Waals surface area contributed by atoms with Crippen LogP contribution in [0.5, 0.6) is 0 Å². The molecule has 188 valence electrons. The molecule has 0 aromatic heterocycles. The second kappa shape index (κ2) is 10.4.